The van der Waals surface area contributed by atoms with Crippen LogP contribution in [0.4, 0.5) is 4.39 Å². The number of fused-ring (bicyclic) bond motifs is 2. The standard InChI is InChI=1S/C23H25FN2O2/c1-25-21(27)14-17-15-23(20-8-3-2-7-19(17)20)9-11-26(12-10-23)22(28)16-5-4-6-18(24)13-16/h2-8,13,17H,9-12,14-15H2,1H3,(H,25,27)/t17-/m0/s1. The molecule has 2 aliphatic rings. The number of hydrogen-bond acceptors (Lipinski definition) is 2. The first kappa shape index (κ1) is 18.7. The van der Waals surface area contributed by atoms with Crippen LogP contribution in [0.3, 0.4) is 0 Å². The highest BCUT2D eigenvalue weighted by Gasteiger charge is 2.46. The average molecular weight is 380 g/mol. The smallest absolute Gasteiger partial charge is 0.253 e. The van der Waals surface area contributed by atoms with Gasteiger partial charge in [-0.2, -0.15) is 0 Å². The molecule has 28 heavy (non-hydrogen) atoms. The number of nitrogens with one attached hydrogen (secondary N) is 1. The van der Waals surface area contributed by atoms with Gasteiger partial charge < -0.3 is 10.2 Å². The topological polar surface area (TPSA) is 49.4 Å². The zero-order valence-electron chi connectivity index (χ0n) is 16.1. The molecule has 1 fully saturated rings. The maximum absolute atomic E-state index is 13.5. The summed E-state index contributed by atoms with van der Waals surface area (Å²) in [6, 6.07) is 14.3. The maximum Gasteiger partial charge on any atom is 0.253 e. The molecule has 2 aromatic carbocycles. The second-order valence-corrected chi connectivity index (χ2v) is 7.95. The number of amides is 2. The minimum absolute atomic E-state index is 0.0218. The molecule has 0 saturated carbocycles. The molecular formula is C23H25FN2O2. The maximum atomic E-state index is 13.5. The summed E-state index contributed by atoms with van der Waals surface area (Å²) in [6.07, 6.45) is 3.19. The van der Waals surface area contributed by atoms with Gasteiger partial charge in [-0.25, -0.2) is 4.39 Å². The number of benzene rings is 2. The van der Waals surface area contributed by atoms with Crippen molar-refractivity contribution in [1.29, 1.82) is 0 Å². The van der Waals surface area contributed by atoms with Crippen LogP contribution >= 0.6 is 0 Å². The molecular weight excluding hydrogens is 355 g/mol. The van der Waals surface area contributed by atoms with Gasteiger partial charge in [0.25, 0.3) is 5.91 Å². The number of hydrogen-bond donors (Lipinski definition) is 1. The lowest BCUT2D eigenvalue weighted by atomic mass is 9.73. The molecule has 4 nitrogen and oxygen atoms in total. The molecule has 5 heteroatoms. The molecule has 1 N–H and O–H groups in total. The van der Waals surface area contributed by atoms with Crippen LogP contribution in [0.1, 0.15) is 53.1 Å². The van der Waals surface area contributed by atoms with Gasteiger partial charge in [0, 0.05) is 32.1 Å². The number of halogens is 1. The fraction of sp³-hybridized carbons (Fsp3) is 0.391. The second kappa shape index (κ2) is 7.38. The highest BCUT2D eigenvalue weighted by molar-refractivity contribution is 5.94. The Labute approximate surface area is 164 Å². The molecule has 0 aromatic heterocycles. The Balaban J connectivity index is 1.52. The summed E-state index contributed by atoms with van der Waals surface area (Å²) in [6.45, 7) is 1.30. The largest absolute Gasteiger partial charge is 0.359 e. The van der Waals surface area contributed by atoms with Crippen molar-refractivity contribution >= 4 is 11.8 Å². The van der Waals surface area contributed by atoms with Crippen molar-refractivity contribution in [1.82, 2.24) is 10.2 Å². The Morgan fingerprint density at radius 2 is 1.89 bits per heavy atom. The van der Waals surface area contributed by atoms with Gasteiger partial charge in [0.15, 0.2) is 0 Å². The number of piperidine rings is 1. The molecule has 1 aliphatic heterocycles. The summed E-state index contributed by atoms with van der Waals surface area (Å²) in [7, 11) is 1.68. The first-order valence-corrected chi connectivity index (χ1v) is 9.87. The molecule has 0 bridgehead atoms. The van der Waals surface area contributed by atoms with Crippen molar-refractivity contribution in [2.45, 2.75) is 37.0 Å². The number of rotatable bonds is 3. The molecule has 0 unspecified atom stereocenters. The monoisotopic (exact) mass is 380 g/mol. The van der Waals surface area contributed by atoms with E-state index >= 15 is 0 Å². The molecule has 1 aliphatic carbocycles. The third-order valence-electron chi connectivity index (χ3n) is 6.40. The van der Waals surface area contributed by atoms with Gasteiger partial charge in [0.1, 0.15) is 5.82 Å². The van der Waals surface area contributed by atoms with Gasteiger partial charge in [-0.05, 0) is 59.9 Å². The lowest BCUT2D eigenvalue weighted by Gasteiger charge is -2.40. The fourth-order valence-electron chi connectivity index (χ4n) is 4.95. The van der Waals surface area contributed by atoms with Crippen LogP contribution in [0.2, 0.25) is 0 Å². The van der Waals surface area contributed by atoms with E-state index in [1.807, 2.05) is 11.0 Å². The van der Waals surface area contributed by atoms with Gasteiger partial charge in [-0.1, -0.05) is 30.3 Å². The summed E-state index contributed by atoms with van der Waals surface area (Å²) >= 11 is 0. The second-order valence-electron chi connectivity index (χ2n) is 7.95. The van der Waals surface area contributed by atoms with Crippen molar-refractivity contribution in [3.8, 4) is 0 Å². The summed E-state index contributed by atoms with van der Waals surface area (Å²) in [5.74, 6) is -0.208. The van der Waals surface area contributed by atoms with Crippen LogP contribution < -0.4 is 5.32 Å². The lowest BCUT2D eigenvalue weighted by Crippen LogP contribution is -2.44. The normalized spacial score (nSPS) is 20.1. The third-order valence-corrected chi connectivity index (χ3v) is 6.40. The third kappa shape index (κ3) is 3.30. The molecule has 146 valence electrons. The summed E-state index contributed by atoms with van der Waals surface area (Å²) in [5.41, 5.74) is 3.03. The summed E-state index contributed by atoms with van der Waals surface area (Å²) < 4.78 is 13.5. The van der Waals surface area contributed by atoms with E-state index in [1.165, 1.54) is 23.3 Å². The molecule has 2 aromatic rings. The van der Waals surface area contributed by atoms with Gasteiger partial charge in [0.2, 0.25) is 5.91 Å². The first-order valence-electron chi connectivity index (χ1n) is 9.87. The summed E-state index contributed by atoms with van der Waals surface area (Å²) in [5, 5.41) is 2.74. The molecule has 1 saturated heterocycles. The minimum Gasteiger partial charge on any atom is -0.359 e. The average Bonchev–Trinajstić information content (AvgIpc) is 3.01. The number of likely N-dealkylation sites (tertiary alicyclic amines) is 1. The SMILES string of the molecule is CNC(=O)C[C@H]1CC2(CCN(C(=O)c3cccc(F)c3)CC2)c2ccccc21. The van der Waals surface area contributed by atoms with Crippen LogP contribution in [0, 0.1) is 5.82 Å². The Morgan fingerprint density at radius 1 is 1.14 bits per heavy atom. The number of carbonyl (C=O) groups is 2. The van der Waals surface area contributed by atoms with Crippen molar-refractivity contribution in [3.05, 3.63) is 71.0 Å². The molecule has 1 atom stereocenters. The predicted octanol–water partition coefficient (Wildman–Crippen LogP) is 3.62. The van der Waals surface area contributed by atoms with E-state index in [-0.39, 0.29) is 29.0 Å². The van der Waals surface area contributed by atoms with Crippen LogP contribution in [0.15, 0.2) is 48.5 Å². The minimum atomic E-state index is -0.388. The predicted molar refractivity (Wildman–Crippen MR) is 106 cm³/mol. The highest BCUT2D eigenvalue weighted by atomic mass is 19.1. The van der Waals surface area contributed by atoms with Crippen LogP contribution in [0.5, 0.6) is 0 Å². The van der Waals surface area contributed by atoms with E-state index in [4.69, 9.17) is 0 Å². The number of carbonyl (C=O) groups excluding carboxylic acids is 2. The highest BCUT2D eigenvalue weighted by Crippen LogP contribution is 2.52. The first-order chi connectivity index (χ1) is 13.5. The summed E-state index contributed by atoms with van der Waals surface area (Å²) in [4.78, 5) is 26.6. The fourth-order valence-corrected chi connectivity index (χ4v) is 4.95. The molecule has 1 heterocycles. The van der Waals surface area contributed by atoms with E-state index in [2.05, 4.69) is 23.5 Å². The molecule has 2 amide bonds. The van der Waals surface area contributed by atoms with Crippen molar-refractivity contribution in [2.24, 2.45) is 0 Å². The molecule has 0 radical (unpaired) electrons. The van der Waals surface area contributed by atoms with Crippen LogP contribution in [-0.2, 0) is 10.2 Å². The zero-order chi connectivity index (χ0) is 19.7. The van der Waals surface area contributed by atoms with Gasteiger partial charge >= 0.3 is 0 Å². The Bertz CT molecular complexity index is 903. The Morgan fingerprint density at radius 3 is 2.61 bits per heavy atom. The molecule has 1 spiro atoms. The van der Waals surface area contributed by atoms with Crippen molar-refractivity contribution in [2.75, 3.05) is 20.1 Å². The van der Waals surface area contributed by atoms with Gasteiger partial charge in [-0.3, -0.25) is 9.59 Å². The quantitative estimate of drug-likeness (QED) is 0.884. The lowest BCUT2D eigenvalue weighted by molar-refractivity contribution is -0.121. The van der Waals surface area contributed by atoms with E-state index in [0.29, 0.717) is 25.1 Å². The van der Waals surface area contributed by atoms with E-state index in [9.17, 15) is 14.0 Å². The van der Waals surface area contributed by atoms with E-state index in [1.54, 1.807) is 19.2 Å². The van der Waals surface area contributed by atoms with E-state index < -0.39 is 0 Å². The van der Waals surface area contributed by atoms with E-state index in [0.717, 1.165) is 19.3 Å². The van der Waals surface area contributed by atoms with Gasteiger partial charge in [0.05, 0.1) is 0 Å². The zero-order valence-corrected chi connectivity index (χ0v) is 16.1. The number of nitrogens with zero attached hydrogens (tertiary/aromatic N) is 1. The van der Waals surface area contributed by atoms with Crippen molar-refractivity contribution < 1.29 is 14.0 Å². The van der Waals surface area contributed by atoms with Crippen LogP contribution in [-0.4, -0.2) is 36.9 Å². The molecule has 4 rings (SSSR count). The van der Waals surface area contributed by atoms with Crippen LogP contribution in [0.25, 0.3) is 0 Å². The Hall–Kier alpha value is -2.69. The van der Waals surface area contributed by atoms with Crippen molar-refractivity contribution in [3.63, 3.8) is 0 Å². The Kier molecular flexibility index (Phi) is 4.92. The van der Waals surface area contributed by atoms with Gasteiger partial charge in [-0.15, -0.1) is 0 Å².